The van der Waals surface area contributed by atoms with Gasteiger partial charge in [0.2, 0.25) is 5.91 Å². The van der Waals surface area contributed by atoms with E-state index in [1.165, 1.54) is 12.1 Å². The molecule has 8 nitrogen and oxygen atoms in total. The molecule has 0 aromatic heterocycles. The van der Waals surface area contributed by atoms with E-state index in [-0.39, 0.29) is 29.5 Å². The van der Waals surface area contributed by atoms with Crippen LogP contribution >= 0.6 is 0 Å². The van der Waals surface area contributed by atoms with Crippen LogP contribution in [0.25, 0.3) is 17.7 Å². The Morgan fingerprint density at radius 3 is 2.26 bits per heavy atom. The van der Waals surface area contributed by atoms with Crippen LogP contribution in [0.3, 0.4) is 0 Å². The Hall–Kier alpha value is -4.60. The highest BCUT2D eigenvalue weighted by Crippen LogP contribution is 2.24. The van der Waals surface area contributed by atoms with Crippen molar-refractivity contribution in [2.45, 2.75) is 6.54 Å². The van der Waals surface area contributed by atoms with Gasteiger partial charge in [0, 0.05) is 36.8 Å². The second-order valence-electron chi connectivity index (χ2n) is 8.80. The number of rotatable bonds is 8. The number of ether oxygens (including phenoxy) is 1. The number of nitrogens with one attached hydrogen (secondary N) is 2. The number of amides is 3. The number of benzene rings is 3. The predicted octanol–water partition coefficient (Wildman–Crippen LogP) is 3.67. The molecule has 0 spiro atoms. The minimum atomic E-state index is -0.609. The maximum atomic E-state index is 14.6. The lowest BCUT2D eigenvalue weighted by atomic mass is 10.00. The molecule has 3 amide bonds. The molecule has 4 rings (SSSR count). The molecular formula is C30H28FN3O5. The summed E-state index contributed by atoms with van der Waals surface area (Å²) in [5, 5.41) is 11.4. The molecule has 9 heteroatoms. The van der Waals surface area contributed by atoms with Gasteiger partial charge in [-0.15, -0.1) is 0 Å². The van der Waals surface area contributed by atoms with E-state index in [1.54, 1.807) is 89.3 Å². The van der Waals surface area contributed by atoms with Crippen LogP contribution in [-0.2, 0) is 20.9 Å². The highest BCUT2D eigenvalue weighted by atomic mass is 19.1. The maximum Gasteiger partial charge on any atom is 0.274 e. The smallest absolute Gasteiger partial charge is 0.274 e. The van der Waals surface area contributed by atoms with Gasteiger partial charge in [-0.05, 0) is 47.0 Å². The number of halogens is 1. The molecule has 0 aliphatic carbocycles. The zero-order valence-corrected chi connectivity index (χ0v) is 21.1. The molecule has 1 fully saturated rings. The first-order valence-corrected chi connectivity index (χ1v) is 12.4. The topological polar surface area (TPSA) is 108 Å². The molecule has 1 aliphatic heterocycles. The molecular weight excluding hydrogens is 501 g/mol. The minimum absolute atomic E-state index is 0.237. The molecule has 1 heterocycles. The Labute approximate surface area is 225 Å². The summed E-state index contributed by atoms with van der Waals surface area (Å²) >= 11 is 0. The molecule has 1 saturated heterocycles. The van der Waals surface area contributed by atoms with E-state index in [0.29, 0.717) is 31.9 Å². The van der Waals surface area contributed by atoms with Crippen molar-refractivity contribution in [3.8, 4) is 0 Å². The van der Waals surface area contributed by atoms with Crippen LogP contribution < -0.4 is 10.8 Å². The Kier molecular flexibility index (Phi) is 9.34. The fourth-order valence-corrected chi connectivity index (χ4v) is 4.00. The summed E-state index contributed by atoms with van der Waals surface area (Å²) in [6, 6.07) is 19.9. The molecule has 39 heavy (non-hydrogen) atoms. The fraction of sp³-hybridized carbons (Fsp3) is 0.167. The average molecular weight is 530 g/mol. The zero-order valence-electron chi connectivity index (χ0n) is 21.1. The summed E-state index contributed by atoms with van der Waals surface area (Å²) in [5.41, 5.74) is 4.65. The normalized spacial score (nSPS) is 13.8. The zero-order chi connectivity index (χ0) is 27.6. The molecule has 0 atom stereocenters. The van der Waals surface area contributed by atoms with Crippen LogP contribution in [0.4, 0.5) is 4.39 Å². The van der Waals surface area contributed by atoms with Crippen LogP contribution in [-0.4, -0.2) is 54.1 Å². The van der Waals surface area contributed by atoms with Crippen molar-refractivity contribution in [2.75, 3.05) is 26.3 Å². The van der Waals surface area contributed by atoms with Crippen molar-refractivity contribution < 1.29 is 28.7 Å². The molecule has 0 saturated carbocycles. The van der Waals surface area contributed by atoms with Crippen LogP contribution in [0.2, 0.25) is 0 Å². The van der Waals surface area contributed by atoms with Gasteiger partial charge in [0.05, 0.1) is 18.8 Å². The SMILES string of the molecule is O=C(/C=C/c1ccc(/C=C(/C(=O)N2CCOCC2)c2ccccc2F)cc1)NCc1ccc(C(=O)NO)cc1. The van der Waals surface area contributed by atoms with Gasteiger partial charge in [-0.1, -0.05) is 54.6 Å². The van der Waals surface area contributed by atoms with Gasteiger partial charge in [-0.3, -0.25) is 19.6 Å². The first kappa shape index (κ1) is 27.4. The Morgan fingerprint density at radius 2 is 1.59 bits per heavy atom. The highest BCUT2D eigenvalue weighted by molar-refractivity contribution is 6.24. The van der Waals surface area contributed by atoms with Gasteiger partial charge < -0.3 is 15.0 Å². The number of hydrogen-bond donors (Lipinski definition) is 3. The van der Waals surface area contributed by atoms with Crippen LogP contribution in [0, 0.1) is 5.82 Å². The van der Waals surface area contributed by atoms with E-state index < -0.39 is 11.7 Å². The van der Waals surface area contributed by atoms with Crippen LogP contribution in [0.1, 0.15) is 32.6 Å². The predicted molar refractivity (Wildman–Crippen MR) is 145 cm³/mol. The Morgan fingerprint density at radius 1 is 0.923 bits per heavy atom. The Bertz CT molecular complexity index is 1380. The van der Waals surface area contributed by atoms with E-state index >= 15 is 0 Å². The van der Waals surface area contributed by atoms with Crippen molar-refractivity contribution in [3.05, 3.63) is 113 Å². The van der Waals surface area contributed by atoms with Crippen molar-refractivity contribution in [2.24, 2.45) is 0 Å². The third-order valence-corrected chi connectivity index (χ3v) is 6.15. The van der Waals surface area contributed by atoms with Crippen LogP contribution in [0.5, 0.6) is 0 Å². The molecule has 3 N–H and O–H groups in total. The maximum absolute atomic E-state index is 14.6. The van der Waals surface area contributed by atoms with E-state index in [9.17, 15) is 18.8 Å². The number of hydroxylamine groups is 1. The molecule has 200 valence electrons. The van der Waals surface area contributed by atoms with Gasteiger partial charge in [-0.2, -0.15) is 0 Å². The van der Waals surface area contributed by atoms with Crippen molar-refractivity contribution in [1.82, 2.24) is 15.7 Å². The quantitative estimate of drug-likeness (QED) is 0.179. The third-order valence-electron chi connectivity index (χ3n) is 6.15. The summed E-state index contributed by atoms with van der Waals surface area (Å²) in [6.07, 6.45) is 4.74. The van der Waals surface area contributed by atoms with Gasteiger partial charge >= 0.3 is 0 Å². The molecule has 0 radical (unpaired) electrons. The number of nitrogens with zero attached hydrogens (tertiary/aromatic N) is 1. The molecule has 3 aromatic carbocycles. The standard InChI is InChI=1S/C30H28FN3O5/c31-27-4-2-1-3-25(27)26(30(37)34-15-17-39-18-16-34)19-22-7-5-21(6-8-22)11-14-28(35)32-20-23-9-12-24(13-10-23)29(36)33-38/h1-14,19,38H,15-18,20H2,(H,32,35)(H,33,36)/b14-11+,26-19+. The number of carbonyl (C=O) groups is 3. The van der Waals surface area contributed by atoms with E-state index in [1.807, 2.05) is 0 Å². The number of hydrogen-bond acceptors (Lipinski definition) is 5. The average Bonchev–Trinajstić information content (AvgIpc) is 2.98. The summed E-state index contributed by atoms with van der Waals surface area (Å²) in [7, 11) is 0. The Balaban J connectivity index is 1.42. The molecule has 3 aromatic rings. The summed E-state index contributed by atoms with van der Waals surface area (Å²) in [6.45, 7) is 2.05. The van der Waals surface area contributed by atoms with E-state index in [4.69, 9.17) is 9.94 Å². The lowest BCUT2D eigenvalue weighted by Gasteiger charge is -2.28. The second kappa shape index (κ2) is 13.3. The highest BCUT2D eigenvalue weighted by Gasteiger charge is 2.23. The van der Waals surface area contributed by atoms with Gasteiger partial charge in [0.1, 0.15) is 5.82 Å². The van der Waals surface area contributed by atoms with Gasteiger partial charge in [0.25, 0.3) is 11.8 Å². The van der Waals surface area contributed by atoms with Gasteiger partial charge in [0.15, 0.2) is 0 Å². The van der Waals surface area contributed by atoms with E-state index in [2.05, 4.69) is 5.32 Å². The largest absolute Gasteiger partial charge is 0.378 e. The minimum Gasteiger partial charge on any atom is -0.378 e. The third kappa shape index (κ3) is 7.47. The molecule has 1 aliphatic rings. The van der Waals surface area contributed by atoms with Crippen molar-refractivity contribution in [3.63, 3.8) is 0 Å². The van der Waals surface area contributed by atoms with E-state index in [0.717, 1.165) is 16.7 Å². The fourth-order valence-electron chi connectivity index (χ4n) is 4.00. The van der Waals surface area contributed by atoms with Crippen molar-refractivity contribution in [1.29, 1.82) is 0 Å². The summed E-state index contributed by atoms with van der Waals surface area (Å²) in [5.74, 6) is -1.63. The molecule has 0 bridgehead atoms. The lowest BCUT2D eigenvalue weighted by molar-refractivity contribution is -0.128. The number of carbonyl (C=O) groups excluding carboxylic acids is 3. The second-order valence-corrected chi connectivity index (χ2v) is 8.80. The first-order valence-electron chi connectivity index (χ1n) is 12.4. The lowest BCUT2D eigenvalue weighted by Crippen LogP contribution is -2.41. The van der Waals surface area contributed by atoms with Crippen LogP contribution in [0.15, 0.2) is 78.9 Å². The summed E-state index contributed by atoms with van der Waals surface area (Å²) < 4.78 is 20.0. The summed E-state index contributed by atoms with van der Waals surface area (Å²) in [4.78, 5) is 38.6. The molecule has 0 unspecified atom stereocenters. The van der Waals surface area contributed by atoms with Gasteiger partial charge in [-0.25, -0.2) is 9.87 Å². The van der Waals surface area contributed by atoms with Crippen molar-refractivity contribution >= 4 is 35.4 Å². The first-order chi connectivity index (χ1) is 18.9. The number of morpholine rings is 1. The monoisotopic (exact) mass is 529 g/mol.